The molecule has 0 aliphatic heterocycles. The van der Waals surface area contributed by atoms with Crippen molar-refractivity contribution in [3.05, 3.63) is 56.9 Å². The van der Waals surface area contributed by atoms with E-state index in [2.05, 4.69) is 9.68 Å². The van der Waals surface area contributed by atoms with E-state index in [0.29, 0.717) is 48.1 Å². The van der Waals surface area contributed by atoms with Crippen LogP contribution in [0.4, 0.5) is 14.9 Å². The Labute approximate surface area is 186 Å². The van der Waals surface area contributed by atoms with Crippen LogP contribution in [-0.4, -0.2) is 15.3 Å². The molecule has 0 unspecified atom stereocenters. The van der Waals surface area contributed by atoms with Crippen LogP contribution in [0.2, 0.25) is 5.02 Å². The van der Waals surface area contributed by atoms with Crippen molar-refractivity contribution in [3.8, 4) is 0 Å². The topological polar surface area (TPSA) is 105 Å². The van der Waals surface area contributed by atoms with Crippen molar-refractivity contribution < 1.29 is 18.5 Å². The first-order valence-electron chi connectivity index (χ1n) is 10.2. The molecule has 2 amide bonds. The number of amides is 2. The molecule has 2 aliphatic rings. The molecule has 4 rings (SSSR count). The Morgan fingerprint density at radius 3 is 2.23 bits per heavy atom. The van der Waals surface area contributed by atoms with Crippen LogP contribution in [0.25, 0.3) is 0 Å². The van der Waals surface area contributed by atoms with Crippen LogP contribution in [0.5, 0.6) is 0 Å². The molecule has 0 fully saturated rings. The van der Waals surface area contributed by atoms with E-state index in [1.165, 1.54) is 12.1 Å². The number of hydrogen-bond donors (Lipinski definition) is 3. The highest BCUT2D eigenvalue weighted by Gasteiger charge is 2.30. The molecule has 0 heterocycles. The van der Waals surface area contributed by atoms with Crippen LogP contribution in [0.1, 0.15) is 54.5 Å². The Morgan fingerprint density at radius 2 is 1.71 bits per heavy atom. The molecule has 31 heavy (non-hydrogen) atoms. The summed E-state index contributed by atoms with van der Waals surface area (Å²) in [6.07, 6.45) is 4.29. The van der Waals surface area contributed by atoms with E-state index in [1.807, 2.05) is 0 Å². The smallest absolute Gasteiger partial charge is 0.354 e. The van der Waals surface area contributed by atoms with Gasteiger partial charge in [-0.3, -0.25) is 0 Å². The normalized spacial score (nSPS) is 17.1. The second-order valence-electron chi connectivity index (χ2n) is 8.60. The number of nitrogens with one attached hydrogen (secondary N) is 1. The second kappa shape index (κ2) is 7.85. The number of hydrogen-bond acceptors (Lipinski definition) is 3. The average molecular weight is 466 g/mol. The van der Waals surface area contributed by atoms with E-state index >= 15 is 0 Å². The monoisotopic (exact) mass is 465 g/mol. The molecule has 0 radical (unpaired) electrons. The fourth-order valence-corrected chi connectivity index (χ4v) is 5.96. The lowest BCUT2D eigenvalue weighted by atomic mass is 9.98. The summed E-state index contributed by atoms with van der Waals surface area (Å²) >= 11 is 6.23. The predicted molar refractivity (Wildman–Crippen MR) is 119 cm³/mol. The summed E-state index contributed by atoms with van der Waals surface area (Å²) < 4.78 is 31.6. The lowest BCUT2D eigenvalue weighted by Crippen LogP contribution is -2.20. The van der Waals surface area contributed by atoms with Crippen molar-refractivity contribution in [1.82, 2.24) is 0 Å². The van der Waals surface area contributed by atoms with E-state index in [0.717, 1.165) is 24.0 Å². The number of fused-ring (bicyclic) bond motifs is 2. The summed E-state index contributed by atoms with van der Waals surface area (Å²) in [6, 6.07) is 3.55. The number of nitrogens with zero attached hydrogens (tertiary/aromatic N) is 1. The number of carbonyl (C=O) groups excluding carboxylic acids is 1. The molecule has 2 aliphatic carbocycles. The standard InChI is InChI=1S/C22H25ClFN3O3S/c1-22(2,29)12-9-10-18(17(23)11-12)31(25,30)27-21(28)26-20-15-7-3-5-13(15)19(24)14-6-4-8-16(14)20/h9-11,29H,3-8H2,1-2H3,(H3,25,26,27,28,30)/t31-/m0/s1. The van der Waals surface area contributed by atoms with Gasteiger partial charge in [0.15, 0.2) is 0 Å². The number of anilines is 1. The first kappa shape index (κ1) is 22.2. The predicted octanol–water partition coefficient (Wildman–Crippen LogP) is 4.62. The maximum atomic E-state index is 14.8. The highest BCUT2D eigenvalue weighted by Crippen LogP contribution is 2.41. The number of urea groups is 1. The summed E-state index contributed by atoms with van der Waals surface area (Å²) in [5, 5.41) is 18.8. The van der Waals surface area contributed by atoms with E-state index in [4.69, 9.17) is 16.7 Å². The number of halogens is 2. The van der Waals surface area contributed by atoms with Gasteiger partial charge in [-0.05, 0) is 92.3 Å². The zero-order chi connectivity index (χ0) is 22.6. The Bertz CT molecular complexity index is 1180. The van der Waals surface area contributed by atoms with Crippen LogP contribution in [0, 0.1) is 5.82 Å². The molecule has 1 atom stereocenters. The average Bonchev–Trinajstić information content (AvgIpc) is 3.33. The Hall–Kier alpha value is -2.00. The quantitative estimate of drug-likeness (QED) is 0.616. The van der Waals surface area contributed by atoms with Gasteiger partial charge in [-0.25, -0.2) is 18.5 Å². The van der Waals surface area contributed by atoms with E-state index in [9.17, 15) is 18.5 Å². The van der Waals surface area contributed by atoms with Crippen LogP contribution in [0.3, 0.4) is 0 Å². The van der Waals surface area contributed by atoms with Gasteiger partial charge < -0.3 is 10.4 Å². The molecule has 9 heteroatoms. The van der Waals surface area contributed by atoms with Crippen molar-refractivity contribution in [2.75, 3.05) is 5.32 Å². The first-order chi connectivity index (χ1) is 14.5. The SMILES string of the molecule is CC(C)(O)c1ccc([S@@](N)(=O)=NC(=O)Nc2c3c(c(F)c4c2CCC4)CCC3)c(Cl)c1. The summed E-state index contributed by atoms with van der Waals surface area (Å²) in [5.41, 5.74) is 2.89. The van der Waals surface area contributed by atoms with Gasteiger partial charge in [0.2, 0.25) is 0 Å². The van der Waals surface area contributed by atoms with Crippen molar-refractivity contribution in [2.24, 2.45) is 9.50 Å². The molecule has 0 saturated heterocycles. The van der Waals surface area contributed by atoms with Crippen molar-refractivity contribution in [3.63, 3.8) is 0 Å². The first-order valence-corrected chi connectivity index (χ1v) is 12.2. The minimum absolute atomic E-state index is 0.00637. The molecular weight excluding hydrogens is 441 g/mol. The number of benzene rings is 2. The van der Waals surface area contributed by atoms with Gasteiger partial charge in [-0.1, -0.05) is 17.7 Å². The fraction of sp³-hybridized carbons (Fsp3) is 0.409. The highest BCUT2D eigenvalue weighted by molar-refractivity contribution is 7.91. The van der Waals surface area contributed by atoms with E-state index in [-0.39, 0.29) is 15.7 Å². The molecule has 2 aromatic carbocycles. The van der Waals surface area contributed by atoms with Gasteiger partial charge in [0.1, 0.15) is 15.7 Å². The highest BCUT2D eigenvalue weighted by atomic mass is 35.5. The van der Waals surface area contributed by atoms with Crippen LogP contribution < -0.4 is 10.5 Å². The van der Waals surface area contributed by atoms with Gasteiger partial charge >= 0.3 is 6.03 Å². The maximum Gasteiger partial charge on any atom is 0.354 e. The number of carbonyl (C=O) groups is 1. The molecule has 6 nitrogen and oxygen atoms in total. The molecule has 0 aromatic heterocycles. The number of aliphatic hydroxyl groups is 1. The zero-order valence-electron chi connectivity index (χ0n) is 17.4. The van der Waals surface area contributed by atoms with Gasteiger partial charge in [0, 0.05) is 5.69 Å². The largest absolute Gasteiger partial charge is 0.386 e. The molecule has 2 aromatic rings. The third-order valence-electron chi connectivity index (χ3n) is 5.97. The molecule has 0 spiro atoms. The van der Waals surface area contributed by atoms with E-state index in [1.54, 1.807) is 19.9 Å². The summed E-state index contributed by atoms with van der Waals surface area (Å²) in [4.78, 5) is 12.7. The minimum atomic E-state index is -3.63. The molecule has 0 saturated carbocycles. The van der Waals surface area contributed by atoms with Crippen molar-refractivity contribution in [2.45, 2.75) is 62.9 Å². The zero-order valence-corrected chi connectivity index (χ0v) is 19.0. The molecular formula is C22H25ClFN3O3S. The van der Waals surface area contributed by atoms with Crippen LogP contribution in [0.15, 0.2) is 27.5 Å². The second-order valence-corrected chi connectivity index (χ2v) is 10.8. The number of nitrogens with two attached hydrogens (primary N) is 1. The summed E-state index contributed by atoms with van der Waals surface area (Å²) in [6.45, 7) is 3.19. The molecule has 0 bridgehead atoms. The lowest BCUT2D eigenvalue weighted by molar-refractivity contribution is 0.0785. The lowest BCUT2D eigenvalue weighted by Gasteiger charge is -2.19. The third-order valence-corrected chi connectivity index (χ3v) is 7.82. The Balaban J connectivity index is 1.69. The Morgan fingerprint density at radius 1 is 1.16 bits per heavy atom. The van der Waals surface area contributed by atoms with Crippen LogP contribution in [-0.2, 0) is 41.2 Å². The fourth-order valence-electron chi connectivity index (χ4n) is 4.46. The van der Waals surface area contributed by atoms with Gasteiger partial charge in [0.05, 0.1) is 15.5 Å². The summed E-state index contributed by atoms with van der Waals surface area (Å²) in [5.74, 6) is -0.142. The third kappa shape index (κ3) is 4.09. The maximum absolute atomic E-state index is 14.8. The molecule has 166 valence electrons. The van der Waals surface area contributed by atoms with Gasteiger partial charge in [-0.15, -0.1) is 4.36 Å². The van der Waals surface area contributed by atoms with Crippen molar-refractivity contribution >= 4 is 33.2 Å². The number of rotatable bonds is 3. The van der Waals surface area contributed by atoms with Crippen LogP contribution >= 0.6 is 11.6 Å². The molecule has 4 N–H and O–H groups in total. The minimum Gasteiger partial charge on any atom is -0.386 e. The Kier molecular flexibility index (Phi) is 5.62. The van der Waals surface area contributed by atoms with E-state index < -0.39 is 21.5 Å². The summed E-state index contributed by atoms with van der Waals surface area (Å²) in [7, 11) is -3.63. The van der Waals surface area contributed by atoms with Gasteiger partial charge in [-0.2, -0.15) is 0 Å². The van der Waals surface area contributed by atoms with Crippen molar-refractivity contribution in [1.29, 1.82) is 0 Å². The van der Waals surface area contributed by atoms with Gasteiger partial charge in [0.25, 0.3) is 0 Å².